The molecule has 2 heteroatoms. The summed E-state index contributed by atoms with van der Waals surface area (Å²) in [5.74, 6) is 2.00. The van der Waals surface area contributed by atoms with E-state index in [2.05, 4.69) is 55.6 Å². The molecule has 2 aromatic rings. The fourth-order valence-corrected chi connectivity index (χ4v) is 2.55. The van der Waals surface area contributed by atoms with Gasteiger partial charge in [0.05, 0.1) is 12.3 Å². The van der Waals surface area contributed by atoms with Crippen molar-refractivity contribution in [3.8, 4) is 5.75 Å². The third kappa shape index (κ3) is 4.25. The third-order valence-corrected chi connectivity index (χ3v) is 3.73. The monoisotopic (exact) mass is 283 g/mol. The van der Waals surface area contributed by atoms with E-state index in [4.69, 9.17) is 4.74 Å². The average Bonchev–Trinajstić information content (AvgIpc) is 2.50. The summed E-state index contributed by atoms with van der Waals surface area (Å²) in [6.07, 6.45) is 0. The zero-order chi connectivity index (χ0) is 15.1. The molecule has 0 aliphatic carbocycles. The second-order valence-corrected chi connectivity index (χ2v) is 5.57. The van der Waals surface area contributed by atoms with Gasteiger partial charge in [-0.3, -0.25) is 0 Å². The molecule has 1 atom stereocenters. The van der Waals surface area contributed by atoms with Crippen molar-refractivity contribution in [3.05, 3.63) is 60.2 Å². The second kappa shape index (κ2) is 7.72. The van der Waals surface area contributed by atoms with E-state index in [1.54, 1.807) is 0 Å². The van der Waals surface area contributed by atoms with Gasteiger partial charge in [-0.25, -0.2) is 0 Å². The lowest BCUT2D eigenvalue weighted by Crippen LogP contribution is -2.18. The van der Waals surface area contributed by atoms with Crippen molar-refractivity contribution in [1.82, 2.24) is 0 Å². The Labute approximate surface area is 128 Å². The van der Waals surface area contributed by atoms with Crippen LogP contribution in [-0.2, 0) is 0 Å². The number of para-hydroxylation sites is 2. The van der Waals surface area contributed by atoms with Crippen LogP contribution in [0.3, 0.4) is 0 Å². The van der Waals surface area contributed by atoms with Gasteiger partial charge >= 0.3 is 0 Å². The molecule has 0 amide bonds. The fraction of sp³-hybridized carbons (Fsp3) is 0.368. The van der Waals surface area contributed by atoms with Gasteiger partial charge in [-0.15, -0.1) is 0 Å². The first-order chi connectivity index (χ1) is 10.2. The highest BCUT2D eigenvalue weighted by Crippen LogP contribution is 2.28. The molecule has 0 spiro atoms. The molecule has 0 bridgehead atoms. The first kappa shape index (κ1) is 15.4. The van der Waals surface area contributed by atoms with E-state index in [1.165, 1.54) is 5.56 Å². The third-order valence-electron chi connectivity index (χ3n) is 3.73. The van der Waals surface area contributed by atoms with Crippen molar-refractivity contribution in [1.29, 1.82) is 0 Å². The molecule has 2 nitrogen and oxygen atoms in total. The van der Waals surface area contributed by atoms with Gasteiger partial charge in [-0.05, 0) is 30.5 Å². The molecule has 21 heavy (non-hydrogen) atoms. The second-order valence-electron chi connectivity index (χ2n) is 5.57. The minimum Gasteiger partial charge on any atom is -0.492 e. The molecule has 0 saturated carbocycles. The number of anilines is 1. The number of hydrogen-bond donors (Lipinski definition) is 1. The summed E-state index contributed by atoms with van der Waals surface area (Å²) in [6, 6.07) is 18.8. The van der Waals surface area contributed by atoms with Gasteiger partial charge in [-0.2, -0.15) is 0 Å². The maximum absolute atomic E-state index is 5.67. The summed E-state index contributed by atoms with van der Waals surface area (Å²) in [4.78, 5) is 0. The van der Waals surface area contributed by atoms with Crippen LogP contribution in [0.2, 0.25) is 0 Å². The summed E-state index contributed by atoms with van der Waals surface area (Å²) in [5.41, 5.74) is 2.45. The zero-order valence-corrected chi connectivity index (χ0v) is 13.2. The van der Waals surface area contributed by atoms with Gasteiger partial charge < -0.3 is 10.1 Å². The highest BCUT2D eigenvalue weighted by molar-refractivity contribution is 5.56. The van der Waals surface area contributed by atoms with Crippen LogP contribution >= 0.6 is 0 Å². The maximum Gasteiger partial charge on any atom is 0.142 e. The molecule has 0 aliphatic heterocycles. The van der Waals surface area contributed by atoms with Gasteiger partial charge in [0, 0.05) is 12.5 Å². The summed E-state index contributed by atoms with van der Waals surface area (Å²) in [7, 11) is 0. The lowest BCUT2D eigenvalue weighted by molar-refractivity contribution is 0.341. The normalized spacial score (nSPS) is 12.2. The summed E-state index contributed by atoms with van der Waals surface area (Å²) in [5, 5.41) is 3.55. The largest absolute Gasteiger partial charge is 0.492 e. The molecular formula is C19H25NO. The highest BCUT2D eigenvalue weighted by Gasteiger charge is 2.16. The molecule has 0 aromatic heterocycles. The molecule has 0 fully saturated rings. The Kier molecular flexibility index (Phi) is 5.68. The summed E-state index contributed by atoms with van der Waals surface area (Å²) < 4.78 is 5.67. The maximum atomic E-state index is 5.67. The van der Waals surface area contributed by atoms with Crippen LogP contribution in [-0.4, -0.2) is 13.2 Å². The van der Waals surface area contributed by atoms with E-state index < -0.39 is 0 Å². The van der Waals surface area contributed by atoms with Crippen LogP contribution in [0.5, 0.6) is 5.75 Å². The van der Waals surface area contributed by atoms with E-state index in [-0.39, 0.29) is 0 Å². The number of ether oxygens (including phenoxy) is 1. The molecule has 0 heterocycles. The van der Waals surface area contributed by atoms with Crippen molar-refractivity contribution in [3.63, 3.8) is 0 Å². The number of benzene rings is 2. The first-order valence-electron chi connectivity index (χ1n) is 7.73. The van der Waals surface area contributed by atoms with Crippen molar-refractivity contribution < 1.29 is 4.74 Å². The zero-order valence-electron chi connectivity index (χ0n) is 13.2. The van der Waals surface area contributed by atoms with Crippen LogP contribution in [0.15, 0.2) is 54.6 Å². The van der Waals surface area contributed by atoms with Crippen molar-refractivity contribution in [2.45, 2.75) is 26.7 Å². The molecule has 0 radical (unpaired) electrons. The smallest absolute Gasteiger partial charge is 0.142 e. The van der Waals surface area contributed by atoms with Crippen molar-refractivity contribution in [2.24, 2.45) is 5.92 Å². The average molecular weight is 283 g/mol. The quantitative estimate of drug-likeness (QED) is 0.777. The highest BCUT2D eigenvalue weighted by atomic mass is 16.5. The molecule has 1 unspecified atom stereocenters. The minimum atomic E-state index is 0.487. The predicted molar refractivity (Wildman–Crippen MR) is 90.1 cm³/mol. The summed E-state index contributed by atoms with van der Waals surface area (Å²) in [6.45, 7) is 8.15. The molecule has 1 N–H and O–H groups in total. The van der Waals surface area contributed by atoms with Crippen molar-refractivity contribution in [2.75, 3.05) is 18.5 Å². The van der Waals surface area contributed by atoms with Gasteiger partial charge in [-0.1, -0.05) is 56.3 Å². The van der Waals surface area contributed by atoms with Crippen LogP contribution < -0.4 is 10.1 Å². The van der Waals surface area contributed by atoms with E-state index in [1.807, 2.05) is 25.1 Å². The van der Waals surface area contributed by atoms with E-state index in [0.29, 0.717) is 18.4 Å². The molecule has 0 saturated heterocycles. The van der Waals surface area contributed by atoms with Gasteiger partial charge in [0.2, 0.25) is 0 Å². The summed E-state index contributed by atoms with van der Waals surface area (Å²) >= 11 is 0. The predicted octanol–water partition coefficient (Wildman–Crippen LogP) is 4.94. The van der Waals surface area contributed by atoms with Crippen LogP contribution in [0.25, 0.3) is 0 Å². The SMILES string of the molecule is CCOc1ccccc1NCC(c1ccccc1)C(C)C. The van der Waals surface area contributed by atoms with Gasteiger partial charge in [0.1, 0.15) is 5.75 Å². The first-order valence-corrected chi connectivity index (χ1v) is 7.73. The Morgan fingerprint density at radius 1 is 0.952 bits per heavy atom. The Bertz CT molecular complexity index is 536. The number of hydrogen-bond acceptors (Lipinski definition) is 2. The molecule has 112 valence electrons. The number of rotatable bonds is 7. The van der Waals surface area contributed by atoms with Crippen LogP contribution in [0.4, 0.5) is 5.69 Å². The fourth-order valence-electron chi connectivity index (χ4n) is 2.55. The lowest BCUT2D eigenvalue weighted by atomic mass is 9.88. The Balaban J connectivity index is 2.09. The number of nitrogens with one attached hydrogen (secondary N) is 1. The van der Waals surface area contributed by atoms with Gasteiger partial charge in [0.25, 0.3) is 0 Å². The van der Waals surface area contributed by atoms with Gasteiger partial charge in [0.15, 0.2) is 0 Å². The molecular weight excluding hydrogens is 258 g/mol. The molecule has 2 rings (SSSR count). The van der Waals surface area contributed by atoms with Crippen LogP contribution in [0.1, 0.15) is 32.3 Å². The van der Waals surface area contributed by atoms with Crippen molar-refractivity contribution >= 4 is 5.69 Å². The van der Waals surface area contributed by atoms with Crippen LogP contribution in [0, 0.1) is 5.92 Å². The molecule has 2 aromatic carbocycles. The van der Waals surface area contributed by atoms with E-state index in [9.17, 15) is 0 Å². The Hall–Kier alpha value is -1.96. The Morgan fingerprint density at radius 2 is 1.62 bits per heavy atom. The Morgan fingerprint density at radius 3 is 2.29 bits per heavy atom. The topological polar surface area (TPSA) is 21.3 Å². The van der Waals surface area contributed by atoms with E-state index in [0.717, 1.165) is 18.0 Å². The standard InChI is InChI=1S/C19H25NO/c1-4-21-19-13-9-8-12-18(19)20-14-17(15(2)3)16-10-6-5-7-11-16/h5-13,15,17,20H,4,14H2,1-3H3. The van der Waals surface area contributed by atoms with E-state index >= 15 is 0 Å². The molecule has 0 aliphatic rings. The lowest BCUT2D eigenvalue weighted by Gasteiger charge is -2.23. The minimum absolute atomic E-state index is 0.487.